The first-order valence-electron chi connectivity index (χ1n) is 16.8. The number of hydrogen-bond donors (Lipinski definition) is 4. The molecule has 11 heteroatoms. The zero-order valence-electron chi connectivity index (χ0n) is 27.8. The number of rotatable bonds is 20. The highest BCUT2D eigenvalue weighted by Crippen LogP contribution is 2.24. The van der Waals surface area contributed by atoms with Crippen LogP contribution in [0.3, 0.4) is 0 Å². The van der Waals surface area contributed by atoms with E-state index in [0.29, 0.717) is 32.1 Å². The van der Waals surface area contributed by atoms with Crippen LogP contribution in [0.25, 0.3) is 10.9 Å². The number of amides is 2. The third-order valence-electron chi connectivity index (χ3n) is 9.21. The number of aliphatic carboxylic acids is 1. The maximum Gasteiger partial charge on any atom is 0.326 e. The molecule has 3 rings (SSSR count). The highest BCUT2D eigenvalue weighted by atomic mass is 16.6. The maximum absolute atomic E-state index is 14.0. The van der Waals surface area contributed by atoms with Gasteiger partial charge in [-0.3, -0.25) is 19.2 Å². The molecule has 1 aliphatic rings. The zero-order valence-corrected chi connectivity index (χ0v) is 27.8. The molecule has 2 heterocycles. The molecule has 2 aromatic rings. The summed E-state index contributed by atoms with van der Waals surface area (Å²) in [5.41, 5.74) is 1.53. The van der Waals surface area contributed by atoms with E-state index >= 15 is 0 Å². The van der Waals surface area contributed by atoms with Gasteiger partial charge in [-0.2, -0.15) is 4.73 Å². The van der Waals surface area contributed by atoms with Crippen LogP contribution in [0.15, 0.2) is 30.5 Å². The van der Waals surface area contributed by atoms with Crippen molar-refractivity contribution < 1.29 is 33.9 Å². The van der Waals surface area contributed by atoms with Gasteiger partial charge in [0.05, 0.1) is 11.6 Å². The Morgan fingerprint density at radius 1 is 1.04 bits per heavy atom. The van der Waals surface area contributed by atoms with Gasteiger partial charge in [0.2, 0.25) is 11.8 Å². The lowest BCUT2D eigenvalue weighted by molar-refractivity contribution is -0.144. The van der Waals surface area contributed by atoms with Gasteiger partial charge in [0.25, 0.3) is 0 Å². The number of nitrogens with zero attached hydrogens (tertiary/aromatic N) is 1. The Morgan fingerprint density at radius 2 is 1.80 bits per heavy atom. The third kappa shape index (κ3) is 10.4. The Labute approximate surface area is 272 Å². The van der Waals surface area contributed by atoms with Crippen molar-refractivity contribution in [2.24, 2.45) is 11.8 Å². The fourth-order valence-corrected chi connectivity index (χ4v) is 6.09. The van der Waals surface area contributed by atoms with Crippen molar-refractivity contribution in [3.05, 3.63) is 36.0 Å². The summed E-state index contributed by atoms with van der Waals surface area (Å²) in [7, 11) is 1.53. The molecule has 1 fully saturated rings. The number of carboxylic acids is 1. The van der Waals surface area contributed by atoms with Crippen molar-refractivity contribution in [3.63, 3.8) is 0 Å². The molecule has 0 bridgehead atoms. The number of para-hydroxylation sites is 1. The number of hydrogen-bond acceptors (Lipinski definition) is 7. The lowest BCUT2D eigenvalue weighted by Gasteiger charge is -2.27. The van der Waals surface area contributed by atoms with Crippen LogP contribution in [0, 0.1) is 11.8 Å². The SMILES string of the molecule is CCC(=O)CCCCC[C@H](CC(=O)[C@H]1CCCCN1)C(=O)N[C@@H](Cc1cn(OC)c2ccccc12)C(=O)N[C@H](C(=O)O)C(C)CC. The normalized spacial score (nSPS) is 17.4. The number of unbranched alkanes of at least 4 members (excludes halogenated alkanes) is 2. The van der Waals surface area contributed by atoms with E-state index < -0.39 is 35.8 Å². The first kappa shape index (κ1) is 36.7. The van der Waals surface area contributed by atoms with Crippen molar-refractivity contribution >= 4 is 40.3 Å². The van der Waals surface area contributed by atoms with Crippen LogP contribution in [0.5, 0.6) is 0 Å². The number of benzene rings is 1. The minimum atomic E-state index is -1.14. The Bertz CT molecular complexity index is 1330. The van der Waals surface area contributed by atoms with Gasteiger partial charge in [-0.25, -0.2) is 4.79 Å². The summed E-state index contributed by atoms with van der Waals surface area (Å²) >= 11 is 0. The Balaban J connectivity index is 1.86. The van der Waals surface area contributed by atoms with Crippen molar-refractivity contribution in [1.29, 1.82) is 0 Å². The average Bonchev–Trinajstić information content (AvgIpc) is 3.42. The second-order valence-corrected chi connectivity index (χ2v) is 12.5. The molecule has 0 saturated carbocycles. The van der Waals surface area contributed by atoms with Gasteiger partial charge in [-0.05, 0) is 49.8 Å². The molecule has 0 spiro atoms. The van der Waals surface area contributed by atoms with E-state index in [1.165, 1.54) is 7.11 Å². The van der Waals surface area contributed by atoms with Crippen molar-refractivity contribution in [2.75, 3.05) is 13.7 Å². The lowest BCUT2D eigenvalue weighted by atomic mass is 9.89. The van der Waals surface area contributed by atoms with Gasteiger partial charge in [0.15, 0.2) is 5.78 Å². The molecule has 1 aliphatic heterocycles. The predicted molar refractivity (Wildman–Crippen MR) is 176 cm³/mol. The molecule has 0 aliphatic carbocycles. The molecule has 1 unspecified atom stereocenters. The number of ketones is 2. The molecule has 2 amide bonds. The third-order valence-corrected chi connectivity index (χ3v) is 9.21. The molecule has 4 N–H and O–H groups in total. The molecule has 0 radical (unpaired) electrons. The summed E-state index contributed by atoms with van der Waals surface area (Å²) in [6.45, 7) is 6.21. The molecule has 5 atom stereocenters. The largest absolute Gasteiger partial charge is 0.480 e. The number of piperidine rings is 1. The molecule has 46 heavy (non-hydrogen) atoms. The summed E-state index contributed by atoms with van der Waals surface area (Å²) in [5, 5.41) is 19.6. The van der Waals surface area contributed by atoms with Crippen LogP contribution in [-0.4, -0.2) is 71.0 Å². The van der Waals surface area contributed by atoms with Crippen LogP contribution < -0.4 is 20.8 Å². The molecule has 11 nitrogen and oxygen atoms in total. The molecule has 254 valence electrons. The van der Waals surface area contributed by atoms with Gasteiger partial charge in [0, 0.05) is 43.2 Å². The minimum absolute atomic E-state index is 0.0205. The first-order chi connectivity index (χ1) is 22.1. The first-order valence-corrected chi connectivity index (χ1v) is 16.8. The quantitative estimate of drug-likeness (QED) is 0.158. The summed E-state index contributed by atoms with van der Waals surface area (Å²) < 4.78 is 1.59. The summed E-state index contributed by atoms with van der Waals surface area (Å²) in [6, 6.07) is 5.01. The zero-order chi connectivity index (χ0) is 33.6. The second kappa shape index (κ2) is 18.4. The summed E-state index contributed by atoms with van der Waals surface area (Å²) in [5.74, 6) is -2.98. The van der Waals surface area contributed by atoms with Crippen LogP contribution in [0.1, 0.15) is 97.0 Å². The number of carbonyl (C=O) groups excluding carboxylic acids is 4. The standard InChI is InChI=1S/C35H52N4O7/c1-5-23(3)32(35(44)45)38-34(43)29(20-25-22-39(46-4)30-18-11-10-16-27(25)30)37-33(42)24(14-8-7-9-15-26(40)6-2)21-31(41)28-17-12-13-19-36-28/h10-11,16,18,22-24,28-29,32,36H,5-9,12-15,17,19-21H2,1-4H3,(H,37,42)(H,38,43)(H,44,45)/t23?,24-,28-,29+,32+/m1/s1. The topological polar surface area (TPSA) is 156 Å². The fourth-order valence-electron chi connectivity index (χ4n) is 6.09. The van der Waals surface area contributed by atoms with Crippen LogP contribution >= 0.6 is 0 Å². The van der Waals surface area contributed by atoms with Crippen LogP contribution in [0.4, 0.5) is 0 Å². The lowest BCUT2D eigenvalue weighted by Crippen LogP contribution is -2.55. The van der Waals surface area contributed by atoms with Crippen molar-refractivity contribution in [1.82, 2.24) is 20.7 Å². The number of carbonyl (C=O) groups is 5. The number of aromatic nitrogens is 1. The van der Waals surface area contributed by atoms with Crippen LogP contribution in [-0.2, 0) is 30.4 Å². The van der Waals surface area contributed by atoms with Crippen molar-refractivity contribution in [3.8, 4) is 0 Å². The molecule has 1 saturated heterocycles. The molecular formula is C35H52N4O7. The number of fused-ring (bicyclic) bond motifs is 1. The molecule has 1 aromatic heterocycles. The van der Waals surface area contributed by atoms with E-state index in [4.69, 9.17) is 4.84 Å². The predicted octanol–water partition coefficient (Wildman–Crippen LogP) is 3.99. The number of nitrogens with one attached hydrogen (secondary N) is 3. The number of Topliss-reactive ketones (excluding diaryl/α,β-unsaturated/α-hetero) is 2. The minimum Gasteiger partial charge on any atom is -0.480 e. The van der Waals surface area contributed by atoms with Crippen molar-refractivity contribution in [2.45, 2.75) is 116 Å². The Morgan fingerprint density at radius 3 is 2.46 bits per heavy atom. The van der Waals surface area contributed by atoms with E-state index in [2.05, 4.69) is 16.0 Å². The fraction of sp³-hybridized carbons (Fsp3) is 0.629. The second-order valence-electron chi connectivity index (χ2n) is 12.5. The van der Waals surface area contributed by atoms with E-state index in [1.807, 2.05) is 38.1 Å². The van der Waals surface area contributed by atoms with Gasteiger partial charge >= 0.3 is 5.97 Å². The smallest absolute Gasteiger partial charge is 0.326 e. The van der Waals surface area contributed by atoms with Gasteiger partial charge < -0.3 is 25.9 Å². The van der Waals surface area contributed by atoms with E-state index in [0.717, 1.165) is 55.1 Å². The van der Waals surface area contributed by atoms with Crippen LogP contribution in [0.2, 0.25) is 0 Å². The Hall–Kier alpha value is -3.73. The summed E-state index contributed by atoms with van der Waals surface area (Å²) in [4.78, 5) is 70.4. The van der Waals surface area contributed by atoms with Gasteiger partial charge in [-0.1, -0.05) is 64.7 Å². The summed E-state index contributed by atoms with van der Waals surface area (Å²) in [6.07, 6.45) is 8.68. The monoisotopic (exact) mass is 640 g/mol. The average molecular weight is 641 g/mol. The molecular weight excluding hydrogens is 588 g/mol. The molecule has 1 aromatic carbocycles. The van der Waals surface area contributed by atoms with Gasteiger partial charge in [0.1, 0.15) is 25.0 Å². The van der Waals surface area contributed by atoms with E-state index in [-0.39, 0.29) is 36.4 Å². The Kier molecular flexibility index (Phi) is 14.7. The van der Waals surface area contributed by atoms with E-state index in [9.17, 15) is 29.1 Å². The highest BCUT2D eigenvalue weighted by Gasteiger charge is 2.33. The highest BCUT2D eigenvalue weighted by molar-refractivity contribution is 5.94. The van der Waals surface area contributed by atoms with Gasteiger partial charge in [-0.15, -0.1) is 0 Å². The number of carboxylic acid groups (broad SMARTS) is 1. The maximum atomic E-state index is 14.0. The van der Waals surface area contributed by atoms with E-state index in [1.54, 1.807) is 17.9 Å².